The van der Waals surface area contributed by atoms with Gasteiger partial charge in [0.1, 0.15) is 164 Å². The largest absolute Gasteiger partial charge is 0.507 e. The molecule has 2 aliphatic rings. The van der Waals surface area contributed by atoms with Gasteiger partial charge in [-0.15, -0.1) is 0 Å². The van der Waals surface area contributed by atoms with Crippen LogP contribution in [0, 0.1) is 0 Å². The van der Waals surface area contributed by atoms with E-state index in [4.69, 9.17) is 65.5 Å². The van der Waals surface area contributed by atoms with Gasteiger partial charge in [-0.25, -0.2) is 9.97 Å². The van der Waals surface area contributed by atoms with E-state index >= 15 is 0 Å². The normalized spacial score (nSPS) is 11.7. The summed E-state index contributed by atoms with van der Waals surface area (Å²) in [5, 5.41) is 45.7. The summed E-state index contributed by atoms with van der Waals surface area (Å²) in [6, 6.07) is 79.5. The quantitative estimate of drug-likeness (QED) is 0.0327. The number of hydrogen-bond donors (Lipinski definition) is 6. The molecule has 2 aliphatic heterocycles. The Labute approximate surface area is 772 Å². The molecule has 24 nitrogen and oxygen atoms in total. The number of phenolic OH excluding ortho intramolecular Hbond substituents is 4. The van der Waals surface area contributed by atoms with E-state index in [-0.39, 0.29) is 139 Å². The Hall–Kier alpha value is -18.3. The van der Waals surface area contributed by atoms with Gasteiger partial charge in [-0.2, -0.15) is 0 Å². The number of nitrogens with one attached hydrogen (secondary N) is 2. The van der Waals surface area contributed by atoms with Crippen LogP contribution in [0.5, 0.6) is 69.0 Å². The van der Waals surface area contributed by atoms with Gasteiger partial charge in [0, 0.05) is 92.9 Å². The summed E-state index contributed by atoms with van der Waals surface area (Å²) < 4.78 is 70.7. The molecule has 7 aromatic heterocycles. The Bertz CT molecular complexity index is 7510. The van der Waals surface area contributed by atoms with Gasteiger partial charge in [-0.3, -0.25) is 19.2 Å². The van der Waals surface area contributed by atoms with Crippen LogP contribution < -0.4 is 59.6 Å². The van der Waals surface area contributed by atoms with Crippen LogP contribution in [0.15, 0.2) is 329 Å². The van der Waals surface area contributed by atoms with Crippen molar-refractivity contribution in [3.8, 4) is 158 Å². The molecule has 0 fully saturated rings. The molecule has 0 aliphatic carbocycles. The maximum absolute atomic E-state index is 13.9. The second-order valence-electron chi connectivity index (χ2n) is 32.5. The van der Waals surface area contributed by atoms with Crippen molar-refractivity contribution in [2.75, 3.05) is 28.4 Å². The monoisotopic (exact) mass is 1800 g/mol. The molecule has 136 heavy (non-hydrogen) atoms. The molecule has 0 saturated carbocycles. The number of phenols is 4. The minimum atomic E-state index is -0.410. The van der Waals surface area contributed by atoms with Crippen LogP contribution in [-0.4, -0.2) is 68.8 Å². The minimum absolute atomic E-state index is 0.0128. The van der Waals surface area contributed by atoms with Gasteiger partial charge in [-0.05, 0) is 164 Å². The molecule has 666 valence electrons. The first-order valence-corrected chi connectivity index (χ1v) is 43.2. The number of fused-ring (bicyclic) bond motifs is 12. The minimum Gasteiger partial charge on any atom is -0.507 e. The maximum Gasteiger partial charge on any atom is 0.204 e. The molecule has 0 amide bonds. The summed E-state index contributed by atoms with van der Waals surface area (Å²) in [6.07, 6.45) is 13.4. The number of nitrogens with zero attached hydrogens (tertiary/aromatic N) is 2. The van der Waals surface area contributed by atoms with E-state index in [1.807, 2.05) is 146 Å². The Kier molecular flexibility index (Phi) is 22.1. The molecule has 19 aromatic rings. The standard InChI is InChI=1S/C112H78N4O20/c1-125-73-29-21-65(22-30-73)81-57-133-97-49-77(45-93(117)105(97)109(81)121)129-53-61-5-13-69(14-6-61)101-85-37-39-87(113-85)102(70-15-7-62(8-16-70)54-130-78-46-94(118)106-98(50-78)134-58-82(110(106)122)66-23-31-74(126-2)32-24-66)89-41-43-91(115-89)104(72-19-11-64(12-20-72)56-132-80-48-96(120)108-100(52-80)136-60-84(112(108)124)68-27-35-76(128-4)36-28-68)92-44-42-90(116-92)103(88-40-38-86(101)114-88)71-17-9-63(10-18-71)55-131-79-47-95(119)107-99(51-79)135-59-83(111(107)123)67-25-33-75(127-3)34-26-67/h5-52,57-60,113,116-120H,53-56H2,1-4H3. The molecule has 8 bridgehead atoms. The molecule has 24 heteroatoms. The highest BCUT2D eigenvalue weighted by Gasteiger charge is 2.25. The fraction of sp³-hybridized carbons (Fsp3) is 0.0714. The van der Waals surface area contributed by atoms with Gasteiger partial charge in [0.15, 0.2) is 0 Å². The number of H-pyrrole nitrogens is 2. The van der Waals surface area contributed by atoms with Gasteiger partial charge < -0.3 is 86.0 Å². The summed E-state index contributed by atoms with van der Waals surface area (Å²) >= 11 is 0. The van der Waals surface area contributed by atoms with Crippen LogP contribution in [0.1, 0.15) is 45.0 Å². The maximum atomic E-state index is 13.9. The number of hydrogen-bond acceptors (Lipinski definition) is 22. The zero-order valence-electron chi connectivity index (χ0n) is 73.1. The molecule has 9 heterocycles. The Morgan fingerprint density at radius 1 is 0.250 bits per heavy atom. The summed E-state index contributed by atoms with van der Waals surface area (Å²) in [4.78, 5) is 74.6. The molecular formula is C112H78N4O20. The molecule has 0 radical (unpaired) electrons. The van der Waals surface area contributed by atoms with Gasteiger partial charge in [0.2, 0.25) is 21.7 Å². The number of aromatic nitrogens is 4. The van der Waals surface area contributed by atoms with Crippen molar-refractivity contribution in [1.82, 2.24) is 19.9 Å². The lowest BCUT2D eigenvalue weighted by Crippen LogP contribution is -2.05. The third-order valence-corrected chi connectivity index (χ3v) is 24.3. The molecule has 0 saturated heterocycles. The van der Waals surface area contributed by atoms with E-state index in [1.54, 1.807) is 150 Å². The van der Waals surface area contributed by atoms with Gasteiger partial charge in [0.25, 0.3) is 0 Å². The molecule has 0 unspecified atom stereocenters. The highest BCUT2D eigenvalue weighted by molar-refractivity contribution is 6.01. The predicted molar refractivity (Wildman–Crippen MR) is 522 cm³/mol. The third kappa shape index (κ3) is 16.3. The first-order valence-electron chi connectivity index (χ1n) is 43.2. The number of aromatic amines is 2. The first-order chi connectivity index (χ1) is 66.4. The number of aromatic hydroxyl groups is 4. The molecule has 12 aromatic carbocycles. The Morgan fingerprint density at radius 3 is 0.647 bits per heavy atom. The summed E-state index contributed by atoms with van der Waals surface area (Å²) in [5.41, 5.74) is 16.9. The van der Waals surface area contributed by atoms with E-state index in [2.05, 4.69) is 9.97 Å². The predicted octanol–water partition coefficient (Wildman–Crippen LogP) is 23.6. The number of ether oxygens (including phenoxy) is 8. The van der Waals surface area contributed by atoms with Crippen LogP contribution in [0.4, 0.5) is 0 Å². The lowest BCUT2D eigenvalue weighted by Gasteiger charge is -2.11. The highest BCUT2D eigenvalue weighted by Crippen LogP contribution is 2.43. The molecule has 0 atom stereocenters. The summed E-state index contributed by atoms with van der Waals surface area (Å²) in [7, 11) is 6.24. The molecule has 6 N–H and O–H groups in total. The zero-order valence-corrected chi connectivity index (χ0v) is 73.1. The highest BCUT2D eigenvalue weighted by atomic mass is 16.5. The van der Waals surface area contributed by atoms with E-state index in [9.17, 15) is 39.6 Å². The van der Waals surface area contributed by atoms with Crippen molar-refractivity contribution in [3.63, 3.8) is 0 Å². The van der Waals surface area contributed by atoms with Crippen LogP contribution in [0.3, 0.4) is 0 Å². The third-order valence-electron chi connectivity index (χ3n) is 24.3. The Balaban J connectivity index is 0.660. The van der Waals surface area contributed by atoms with Crippen LogP contribution in [-0.2, 0) is 26.4 Å². The summed E-state index contributed by atoms with van der Waals surface area (Å²) in [6.45, 7) is 0.265. The van der Waals surface area contributed by atoms with Crippen molar-refractivity contribution in [2.45, 2.75) is 26.4 Å². The van der Waals surface area contributed by atoms with Gasteiger partial charge in [-0.1, -0.05) is 146 Å². The molecule has 21 rings (SSSR count). The van der Waals surface area contributed by atoms with E-state index < -0.39 is 21.7 Å². The molecular weight excluding hydrogens is 1720 g/mol. The van der Waals surface area contributed by atoms with Crippen molar-refractivity contribution >= 4 is 90.2 Å². The fourth-order valence-corrected chi connectivity index (χ4v) is 17.2. The fourth-order valence-electron chi connectivity index (χ4n) is 17.2. The van der Waals surface area contributed by atoms with Crippen molar-refractivity contribution in [1.29, 1.82) is 0 Å². The summed E-state index contributed by atoms with van der Waals surface area (Å²) in [5.74, 6) is 2.38. The van der Waals surface area contributed by atoms with Crippen molar-refractivity contribution in [2.24, 2.45) is 0 Å². The van der Waals surface area contributed by atoms with E-state index in [0.717, 1.165) is 66.8 Å². The topological polar surface area (TPSA) is 333 Å². The smallest absolute Gasteiger partial charge is 0.204 e. The lowest BCUT2D eigenvalue weighted by molar-refractivity contribution is 0.304. The second-order valence-corrected chi connectivity index (χ2v) is 32.5. The second kappa shape index (κ2) is 35.5. The van der Waals surface area contributed by atoms with Crippen LogP contribution in [0.2, 0.25) is 0 Å². The van der Waals surface area contributed by atoms with Crippen LogP contribution >= 0.6 is 0 Å². The van der Waals surface area contributed by atoms with Gasteiger partial charge in [0.05, 0.1) is 73.5 Å². The average Bonchev–Trinajstić information content (AvgIpc) is 1.34. The van der Waals surface area contributed by atoms with E-state index in [1.165, 1.54) is 49.3 Å². The SMILES string of the molecule is COc1ccc(-c2coc3cc(OCc4ccc(-c5c6nc(c(-c7ccc(COc8cc(O)c9c(=O)c(-c%10ccc(OC)cc%10)coc9c8)cc7)c7ccc([nH]7)c(-c7ccc(COc8cc(O)c9c(=O)c(-c%10ccc(OC)cc%10)coc9c8)cc7)c7nc(c(-c8ccc(COc9cc(O)c%10c(=O)c(-c%11ccc(OC)cc%11)coc%10c9)cc8)c8ccc5[nH]8)C=C7)C=C6)cc4)cc(O)c3c2=O)cc1. The number of benzene rings is 12. The van der Waals surface area contributed by atoms with Gasteiger partial charge >= 0.3 is 0 Å². The number of rotatable bonds is 24. The number of methoxy groups -OCH3 is 4. The van der Waals surface area contributed by atoms with Crippen LogP contribution in [0.25, 0.3) is 179 Å². The van der Waals surface area contributed by atoms with E-state index in [0.29, 0.717) is 90.1 Å². The lowest BCUT2D eigenvalue weighted by atomic mass is 10.0. The average molecular weight is 1800 g/mol. The molecule has 0 spiro atoms. The first kappa shape index (κ1) is 84.5. The Morgan fingerprint density at radius 2 is 0.449 bits per heavy atom. The van der Waals surface area contributed by atoms with Crippen molar-refractivity contribution < 1.29 is 76.0 Å². The van der Waals surface area contributed by atoms with Crippen molar-refractivity contribution in [3.05, 3.63) is 378 Å². The zero-order chi connectivity index (χ0) is 92.9.